The minimum absolute atomic E-state index is 0.0282. The Morgan fingerprint density at radius 3 is 3.00 bits per heavy atom. The first-order valence-corrected chi connectivity index (χ1v) is 6.52. The molecule has 0 aliphatic carbocycles. The molecule has 8 heteroatoms. The van der Waals surface area contributed by atoms with E-state index >= 15 is 0 Å². The van der Waals surface area contributed by atoms with Crippen LogP contribution in [0.15, 0.2) is 32.5 Å². The van der Waals surface area contributed by atoms with E-state index in [2.05, 4.69) is 25.3 Å². The van der Waals surface area contributed by atoms with E-state index in [4.69, 9.17) is 8.94 Å². The van der Waals surface area contributed by atoms with Crippen molar-refractivity contribution in [1.82, 2.24) is 25.3 Å². The summed E-state index contributed by atoms with van der Waals surface area (Å²) in [6.07, 6.45) is 3.07. The van der Waals surface area contributed by atoms with Crippen molar-refractivity contribution in [2.75, 3.05) is 0 Å². The maximum Gasteiger partial charge on any atom is 0.240 e. The van der Waals surface area contributed by atoms with Crippen molar-refractivity contribution in [3.8, 4) is 11.6 Å². The first-order chi connectivity index (χ1) is 9.24. The molecule has 0 amide bonds. The Hall–Kier alpha value is -2.09. The van der Waals surface area contributed by atoms with E-state index in [1.807, 2.05) is 19.9 Å². The predicted octanol–water partition coefficient (Wildman–Crippen LogP) is 2.61. The molecule has 3 aromatic rings. The van der Waals surface area contributed by atoms with Crippen LogP contribution in [0.2, 0.25) is 0 Å². The van der Waals surface area contributed by atoms with Gasteiger partial charge in [-0.15, -0.1) is 11.8 Å². The summed E-state index contributed by atoms with van der Waals surface area (Å²) in [6.45, 7) is 3.91. The standard InChI is InChI=1S/C11H11N5O2S/c1-6-8(3-4-17-6)19-7(2)11-14-10(16-18-11)9-12-5-13-15-9/h3-5,7H,1-2H3,(H,12,13,15). The number of nitrogens with zero attached hydrogens (tertiary/aromatic N) is 4. The average molecular weight is 277 g/mol. The highest BCUT2D eigenvalue weighted by molar-refractivity contribution is 7.99. The highest BCUT2D eigenvalue weighted by Gasteiger charge is 2.19. The number of hydrogen-bond acceptors (Lipinski definition) is 7. The molecule has 0 saturated heterocycles. The third-order valence-electron chi connectivity index (χ3n) is 2.53. The SMILES string of the molecule is Cc1occc1SC(C)c1nc(-c2ncn[nH]2)no1. The summed E-state index contributed by atoms with van der Waals surface area (Å²) in [6, 6.07) is 1.92. The van der Waals surface area contributed by atoms with Crippen LogP contribution in [0.3, 0.4) is 0 Å². The van der Waals surface area contributed by atoms with Gasteiger partial charge >= 0.3 is 0 Å². The fourth-order valence-electron chi connectivity index (χ4n) is 1.55. The number of nitrogens with one attached hydrogen (secondary N) is 1. The maximum atomic E-state index is 5.25. The van der Waals surface area contributed by atoms with Crippen molar-refractivity contribution in [3.63, 3.8) is 0 Å². The van der Waals surface area contributed by atoms with Gasteiger partial charge in [0, 0.05) is 4.90 Å². The van der Waals surface area contributed by atoms with Gasteiger partial charge in [-0.1, -0.05) is 5.16 Å². The van der Waals surface area contributed by atoms with Crippen molar-refractivity contribution < 1.29 is 8.94 Å². The molecule has 0 aliphatic rings. The topological polar surface area (TPSA) is 93.6 Å². The van der Waals surface area contributed by atoms with E-state index in [1.54, 1.807) is 18.0 Å². The number of aryl methyl sites for hydroxylation is 1. The quantitative estimate of drug-likeness (QED) is 0.732. The number of rotatable bonds is 4. The Balaban J connectivity index is 1.77. The molecule has 0 fully saturated rings. The van der Waals surface area contributed by atoms with Crippen LogP contribution in [0.4, 0.5) is 0 Å². The summed E-state index contributed by atoms with van der Waals surface area (Å²) >= 11 is 1.60. The van der Waals surface area contributed by atoms with Crippen molar-refractivity contribution in [1.29, 1.82) is 0 Å². The van der Waals surface area contributed by atoms with Gasteiger partial charge in [-0.05, 0) is 19.9 Å². The van der Waals surface area contributed by atoms with Crippen molar-refractivity contribution in [2.24, 2.45) is 0 Å². The summed E-state index contributed by atoms with van der Waals surface area (Å²) in [7, 11) is 0. The third kappa shape index (κ3) is 2.39. The lowest BCUT2D eigenvalue weighted by atomic mass is 10.5. The summed E-state index contributed by atoms with van der Waals surface area (Å²) < 4.78 is 10.5. The second-order valence-corrected chi connectivity index (χ2v) is 5.27. The van der Waals surface area contributed by atoms with E-state index in [0.717, 1.165) is 10.7 Å². The molecule has 0 saturated carbocycles. The van der Waals surface area contributed by atoms with E-state index in [-0.39, 0.29) is 5.25 Å². The van der Waals surface area contributed by atoms with Crippen LogP contribution in [0.5, 0.6) is 0 Å². The predicted molar refractivity (Wildman–Crippen MR) is 67.4 cm³/mol. The molecule has 0 spiro atoms. The number of hydrogen-bond donors (Lipinski definition) is 1. The summed E-state index contributed by atoms with van der Waals surface area (Å²) in [5.74, 6) is 2.32. The summed E-state index contributed by atoms with van der Waals surface area (Å²) in [5.41, 5.74) is 0. The Morgan fingerprint density at radius 2 is 2.32 bits per heavy atom. The lowest BCUT2D eigenvalue weighted by Crippen LogP contribution is -1.89. The minimum Gasteiger partial charge on any atom is -0.468 e. The Kier molecular flexibility index (Phi) is 3.08. The van der Waals surface area contributed by atoms with Gasteiger partial charge in [-0.3, -0.25) is 5.10 Å². The molecule has 0 bridgehead atoms. The molecule has 1 atom stereocenters. The molecule has 1 unspecified atom stereocenters. The largest absolute Gasteiger partial charge is 0.468 e. The van der Waals surface area contributed by atoms with Gasteiger partial charge in [-0.2, -0.15) is 10.1 Å². The molecular formula is C11H11N5O2S. The van der Waals surface area contributed by atoms with Crippen LogP contribution >= 0.6 is 11.8 Å². The molecule has 98 valence electrons. The molecule has 0 aliphatic heterocycles. The second kappa shape index (κ2) is 4.88. The van der Waals surface area contributed by atoms with Crippen molar-refractivity contribution in [2.45, 2.75) is 24.0 Å². The molecule has 19 heavy (non-hydrogen) atoms. The Bertz CT molecular complexity index is 660. The van der Waals surface area contributed by atoms with Gasteiger partial charge in [0.15, 0.2) is 5.82 Å². The molecule has 7 nitrogen and oxygen atoms in total. The van der Waals surface area contributed by atoms with Crippen LogP contribution in [0.1, 0.15) is 23.8 Å². The van der Waals surface area contributed by atoms with Crippen LogP contribution in [0.25, 0.3) is 11.6 Å². The third-order valence-corrected chi connectivity index (χ3v) is 3.76. The van der Waals surface area contributed by atoms with E-state index in [9.17, 15) is 0 Å². The van der Waals surface area contributed by atoms with Crippen LogP contribution in [-0.4, -0.2) is 25.3 Å². The van der Waals surface area contributed by atoms with Crippen molar-refractivity contribution in [3.05, 3.63) is 30.3 Å². The minimum atomic E-state index is 0.0282. The number of H-pyrrole nitrogens is 1. The lowest BCUT2D eigenvalue weighted by Gasteiger charge is -2.04. The lowest BCUT2D eigenvalue weighted by molar-refractivity contribution is 0.380. The molecule has 0 radical (unpaired) electrons. The number of furan rings is 1. The van der Waals surface area contributed by atoms with Gasteiger partial charge in [0.1, 0.15) is 12.1 Å². The second-order valence-electron chi connectivity index (χ2n) is 3.89. The molecular weight excluding hydrogens is 266 g/mol. The van der Waals surface area contributed by atoms with Gasteiger partial charge in [0.25, 0.3) is 0 Å². The average Bonchev–Trinajstić information content (AvgIpc) is 3.09. The van der Waals surface area contributed by atoms with E-state index in [0.29, 0.717) is 17.5 Å². The van der Waals surface area contributed by atoms with Crippen LogP contribution < -0.4 is 0 Å². The molecule has 0 aromatic carbocycles. The van der Waals surface area contributed by atoms with Gasteiger partial charge < -0.3 is 8.94 Å². The number of thioether (sulfide) groups is 1. The Morgan fingerprint density at radius 1 is 1.42 bits per heavy atom. The fourth-order valence-corrected chi connectivity index (χ4v) is 2.47. The zero-order chi connectivity index (χ0) is 13.2. The summed E-state index contributed by atoms with van der Waals surface area (Å²) in [4.78, 5) is 9.34. The normalized spacial score (nSPS) is 12.7. The first kappa shape index (κ1) is 12.0. The molecule has 1 N–H and O–H groups in total. The highest BCUT2D eigenvalue weighted by Crippen LogP contribution is 2.36. The molecule has 3 heterocycles. The van der Waals surface area contributed by atoms with E-state index < -0.39 is 0 Å². The number of aromatic amines is 1. The van der Waals surface area contributed by atoms with Gasteiger partial charge in [0.05, 0.1) is 11.5 Å². The maximum absolute atomic E-state index is 5.25. The number of aromatic nitrogens is 5. The smallest absolute Gasteiger partial charge is 0.240 e. The summed E-state index contributed by atoms with van der Waals surface area (Å²) in [5, 5.41) is 10.3. The van der Waals surface area contributed by atoms with Crippen LogP contribution in [0, 0.1) is 6.92 Å². The Labute approximate surface area is 112 Å². The molecule has 3 aromatic heterocycles. The van der Waals surface area contributed by atoms with Crippen LogP contribution in [-0.2, 0) is 0 Å². The van der Waals surface area contributed by atoms with Crippen molar-refractivity contribution >= 4 is 11.8 Å². The van der Waals surface area contributed by atoms with Gasteiger partial charge in [-0.25, -0.2) is 4.98 Å². The monoisotopic (exact) mass is 277 g/mol. The first-order valence-electron chi connectivity index (χ1n) is 5.64. The molecule has 3 rings (SSSR count). The zero-order valence-electron chi connectivity index (χ0n) is 10.3. The van der Waals surface area contributed by atoms with E-state index in [1.165, 1.54) is 6.33 Å². The highest BCUT2D eigenvalue weighted by atomic mass is 32.2. The fraction of sp³-hybridized carbons (Fsp3) is 0.273. The zero-order valence-corrected chi connectivity index (χ0v) is 11.1. The van der Waals surface area contributed by atoms with Gasteiger partial charge in [0.2, 0.25) is 11.7 Å².